The Morgan fingerprint density at radius 2 is 2.21 bits per heavy atom. The quantitative estimate of drug-likeness (QED) is 0.825. The van der Waals surface area contributed by atoms with Gasteiger partial charge < -0.3 is 10.1 Å². The van der Waals surface area contributed by atoms with Gasteiger partial charge in [0.1, 0.15) is 0 Å². The lowest BCUT2D eigenvalue weighted by Gasteiger charge is -2.07. The molecule has 0 bridgehead atoms. The second-order valence-corrected chi connectivity index (χ2v) is 6.41. The van der Waals surface area contributed by atoms with Gasteiger partial charge in [0.15, 0.2) is 0 Å². The van der Waals surface area contributed by atoms with E-state index in [0.717, 1.165) is 16.0 Å². The first-order valence-electron chi connectivity index (χ1n) is 5.94. The summed E-state index contributed by atoms with van der Waals surface area (Å²) in [5, 5.41) is 3.29. The third-order valence-corrected chi connectivity index (χ3v) is 4.09. The second-order valence-electron chi connectivity index (χ2n) is 3.86. The summed E-state index contributed by atoms with van der Waals surface area (Å²) in [6.45, 7) is 2.93. The summed E-state index contributed by atoms with van der Waals surface area (Å²) in [5.41, 5.74) is 1.48. The number of hydrogen-bond acceptors (Lipinski definition) is 4. The van der Waals surface area contributed by atoms with Crippen LogP contribution in [0.1, 0.15) is 22.2 Å². The van der Waals surface area contributed by atoms with Crippen molar-refractivity contribution in [3.05, 3.63) is 50.6 Å². The van der Waals surface area contributed by atoms with Crippen molar-refractivity contribution in [2.75, 3.05) is 11.9 Å². The number of halogens is 1. The van der Waals surface area contributed by atoms with Crippen molar-refractivity contribution in [1.82, 2.24) is 0 Å². The van der Waals surface area contributed by atoms with Crippen LogP contribution in [-0.4, -0.2) is 12.6 Å². The topological polar surface area (TPSA) is 38.3 Å². The van der Waals surface area contributed by atoms with Crippen LogP contribution in [0.5, 0.6) is 0 Å². The highest BCUT2D eigenvalue weighted by atomic mass is 79.9. The van der Waals surface area contributed by atoms with E-state index in [-0.39, 0.29) is 5.97 Å². The summed E-state index contributed by atoms with van der Waals surface area (Å²) < 4.78 is 6.09. The van der Waals surface area contributed by atoms with E-state index in [2.05, 4.69) is 27.3 Å². The molecule has 0 aliphatic heterocycles. The number of anilines is 1. The number of carbonyl (C=O) groups excluding carboxylic acids is 1. The lowest BCUT2D eigenvalue weighted by atomic mass is 10.2. The summed E-state index contributed by atoms with van der Waals surface area (Å²) in [5.74, 6) is -0.287. The molecule has 0 spiro atoms. The van der Waals surface area contributed by atoms with E-state index in [0.29, 0.717) is 12.2 Å². The summed E-state index contributed by atoms with van der Waals surface area (Å²) in [7, 11) is 0. The van der Waals surface area contributed by atoms with E-state index in [4.69, 9.17) is 4.74 Å². The Morgan fingerprint density at radius 3 is 2.89 bits per heavy atom. The molecule has 0 saturated carbocycles. The van der Waals surface area contributed by atoms with Crippen LogP contribution in [0.3, 0.4) is 0 Å². The Hall–Kier alpha value is -1.33. The first-order valence-corrected chi connectivity index (χ1v) is 7.55. The Labute approximate surface area is 124 Å². The second kappa shape index (κ2) is 6.73. The molecule has 1 N–H and O–H groups in total. The Kier molecular flexibility index (Phi) is 4.99. The molecule has 1 heterocycles. The fourth-order valence-corrected chi connectivity index (χ4v) is 3.03. The van der Waals surface area contributed by atoms with Crippen LogP contribution in [0.4, 0.5) is 5.69 Å². The molecule has 0 aliphatic carbocycles. The maximum absolute atomic E-state index is 11.6. The van der Waals surface area contributed by atoms with E-state index in [1.165, 1.54) is 4.88 Å². The van der Waals surface area contributed by atoms with E-state index < -0.39 is 0 Å². The zero-order valence-electron chi connectivity index (χ0n) is 10.5. The van der Waals surface area contributed by atoms with Crippen molar-refractivity contribution in [3.63, 3.8) is 0 Å². The molecule has 5 heteroatoms. The molecule has 0 amide bonds. The lowest BCUT2D eigenvalue weighted by Crippen LogP contribution is -2.05. The molecule has 0 aliphatic rings. The average molecular weight is 340 g/mol. The summed E-state index contributed by atoms with van der Waals surface area (Å²) in [6.07, 6.45) is 0. The summed E-state index contributed by atoms with van der Waals surface area (Å²) >= 11 is 5.12. The number of ether oxygens (including phenoxy) is 1. The lowest BCUT2D eigenvalue weighted by molar-refractivity contribution is 0.0526. The van der Waals surface area contributed by atoms with Crippen molar-refractivity contribution in [1.29, 1.82) is 0 Å². The monoisotopic (exact) mass is 339 g/mol. The van der Waals surface area contributed by atoms with Gasteiger partial charge in [0, 0.05) is 17.1 Å². The number of rotatable bonds is 5. The van der Waals surface area contributed by atoms with Gasteiger partial charge in [0.05, 0.1) is 16.0 Å². The molecule has 1 aromatic heterocycles. The van der Waals surface area contributed by atoms with Gasteiger partial charge in [-0.1, -0.05) is 6.07 Å². The minimum Gasteiger partial charge on any atom is -0.462 e. The molecule has 0 fully saturated rings. The van der Waals surface area contributed by atoms with Gasteiger partial charge in [-0.05, 0) is 53.2 Å². The first kappa shape index (κ1) is 14.1. The molecule has 0 radical (unpaired) electrons. The normalized spacial score (nSPS) is 10.2. The van der Waals surface area contributed by atoms with E-state index in [1.807, 2.05) is 18.2 Å². The van der Waals surface area contributed by atoms with E-state index >= 15 is 0 Å². The Balaban J connectivity index is 2.00. The fraction of sp³-hybridized carbons (Fsp3) is 0.214. The maximum atomic E-state index is 11.6. The fourth-order valence-electron chi connectivity index (χ4n) is 1.61. The van der Waals surface area contributed by atoms with Crippen molar-refractivity contribution in [2.24, 2.45) is 0 Å². The van der Waals surface area contributed by atoms with Gasteiger partial charge in [0.25, 0.3) is 0 Å². The zero-order valence-corrected chi connectivity index (χ0v) is 12.9. The van der Waals surface area contributed by atoms with Crippen LogP contribution in [0.15, 0.2) is 40.2 Å². The molecular weight excluding hydrogens is 326 g/mol. The number of benzene rings is 1. The van der Waals surface area contributed by atoms with Crippen molar-refractivity contribution in [3.8, 4) is 0 Å². The number of esters is 1. The average Bonchev–Trinajstić information content (AvgIpc) is 2.83. The molecule has 100 valence electrons. The number of thiophene rings is 1. The van der Waals surface area contributed by atoms with Crippen molar-refractivity contribution in [2.45, 2.75) is 13.5 Å². The van der Waals surface area contributed by atoms with Crippen LogP contribution < -0.4 is 5.32 Å². The summed E-state index contributed by atoms with van der Waals surface area (Å²) in [4.78, 5) is 12.9. The Bertz CT molecular complexity index is 568. The maximum Gasteiger partial charge on any atom is 0.338 e. The molecule has 3 nitrogen and oxygen atoms in total. The summed E-state index contributed by atoms with van der Waals surface area (Å²) in [6, 6.07) is 11.4. The third kappa shape index (κ3) is 4.08. The largest absolute Gasteiger partial charge is 0.462 e. The van der Waals surface area contributed by atoms with E-state index in [9.17, 15) is 4.79 Å². The number of carbonyl (C=O) groups is 1. The molecule has 0 unspecified atom stereocenters. The zero-order chi connectivity index (χ0) is 13.7. The Morgan fingerprint density at radius 1 is 1.37 bits per heavy atom. The van der Waals surface area contributed by atoms with Gasteiger partial charge in [0.2, 0.25) is 0 Å². The molecule has 1 aromatic carbocycles. The molecule has 19 heavy (non-hydrogen) atoms. The number of nitrogens with one attached hydrogen (secondary N) is 1. The van der Waals surface area contributed by atoms with Crippen LogP contribution in [0.2, 0.25) is 0 Å². The highest BCUT2D eigenvalue weighted by Gasteiger charge is 2.06. The first-order chi connectivity index (χ1) is 9.19. The predicted octanol–water partition coefficient (Wildman–Crippen LogP) is 4.30. The smallest absolute Gasteiger partial charge is 0.338 e. The van der Waals surface area contributed by atoms with Crippen LogP contribution in [0.25, 0.3) is 0 Å². The molecule has 2 aromatic rings. The minimum atomic E-state index is -0.287. The predicted molar refractivity (Wildman–Crippen MR) is 81.7 cm³/mol. The van der Waals surface area contributed by atoms with Gasteiger partial charge in [-0.15, -0.1) is 11.3 Å². The van der Waals surface area contributed by atoms with Gasteiger partial charge >= 0.3 is 5.97 Å². The van der Waals surface area contributed by atoms with E-state index in [1.54, 1.807) is 30.4 Å². The minimum absolute atomic E-state index is 0.287. The number of hydrogen-bond donors (Lipinski definition) is 1. The molecule has 2 rings (SSSR count). The molecule has 0 saturated heterocycles. The van der Waals surface area contributed by atoms with Crippen LogP contribution in [0, 0.1) is 0 Å². The van der Waals surface area contributed by atoms with Gasteiger partial charge in [-0.25, -0.2) is 4.79 Å². The molecule has 0 atom stereocenters. The molecular formula is C14H14BrNO2S. The highest BCUT2D eigenvalue weighted by Crippen LogP contribution is 2.23. The third-order valence-electron chi connectivity index (χ3n) is 2.47. The van der Waals surface area contributed by atoms with Gasteiger partial charge in [-0.3, -0.25) is 0 Å². The van der Waals surface area contributed by atoms with Crippen LogP contribution in [-0.2, 0) is 11.3 Å². The highest BCUT2D eigenvalue weighted by molar-refractivity contribution is 9.11. The van der Waals surface area contributed by atoms with Crippen molar-refractivity contribution >= 4 is 38.9 Å². The van der Waals surface area contributed by atoms with Crippen molar-refractivity contribution < 1.29 is 9.53 Å². The van der Waals surface area contributed by atoms with Crippen LogP contribution >= 0.6 is 27.3 Å². The SMILES string of the molecule is CCOC(=O)c1cccc(NCc2ccc(Br)s2)c1. The van der Waals surface area contributed by atoms with Gasteiger partial charge in [-0.2, -0.15) is 0 Å². The standard InChI is InChI=1S/C14H14BrNO2S/c1-2-18-14(17)10-4-3-5-11(8-10)16-9-12-6-7-13(15)19-12/h3-8,16H,2,9H2,1H3.